The summed E-state index contributed by atoms with van der Waals surface area (Å²) < 4.78 is 0. The molecule has 5 heteroatoms. The number of aryl methyl sites for hydroxylation is 1. The van der Waals surface area contributed by atoms with Crippen LogP contribution in [0.5, 0.6) is 0 Å². The van der Waals surface area contributed by atoms with Gasteiger partial charge in [0.1, 0.15) is 0 Å². The normalized spacial score (nSPS) is 16.2. The Morgan fingerprint density at radius 1 is 1.36 bits per heavy atom. The maximum Gasteiger partial charge on any atom is 0.241 e. The van der Waals surface area contributed by atoms with E-state index in [9.17, 15) is 4.79 Å². The summed E-state index contributed by atoms with van der Waals surface area (Å²) >= 11 is 6.03. The van der Waals surface area contributed by atoms with Crippen molar-refractivity contribution in [2.24, 2.45) is 0 Å². The summed E-state index contributed by atoms with van der Waals surface area (Å²) in [7, 11) is 0. The molecule has 0 aliphatic carbocycles. The molecule has 0 spiro atoms. The van der Waals surface area contributed by atoms with Crippen molar-refractivity contribution in [3.8, 4) is 0 Å². The third-order valence-corrected chi connectivity index (χ3v) is 4.89. The third kappa shape index (κ3) is 4.27. The number of carbonyl (C=O) groups excluding carboxylic acids is 1. The Bertz CT molecular complexity index is 789. The number of hydrogen-bond acceptors (Lipinski definition) is 3. The van der Waals surface area contributed by atoms with Gasteiger partial charge in [-0.1, -0.05) is 29.8 Å². The predicted molar refractivity (Wildman–Crippen MR) is 103 cm³/mol. The Morgan fingerprint density at radius 2 is 2.20 bits per heavy atom. The molecule has 25 heavy (non-hydrogen) atoms. The molecule has 1 atom stereocenters. The second-order valence-corrected chi connectivity index (χ2v) is 6.78. The quantitative estimate of drug-likeness (QED) is 0.895. The second-order valence-electron chi connectivity index (χ2n) is 6.34. The summed E-state index contributed by atoms with van der Waals surface area (Å²) in [6.45, 7) is 5.51. The third-order valence-electron chi connectivity index (χ3n) is 4.66. The highest BCUT2D eigenvalue weighted by molar-refractivity contribution is 6.31. The monoisotopic (exact) mass is 355 g/mol. The molecule has 0 saturated heterocycles. The number of pyridine rings is 1. The van der Waals surface area contributed by atoms with Crippen LogP contribution < -0.4 is 5.32 Å². The average Bonchev–Trinajstić information content (AvgIpc) is 2.65. The minimum absolute atomic E-state index is 0.0106. The van der Waals surface area contributed by atoms with E-state index in [1.165, 1.54) is 5.57 Å². The fraction of sp³-hybridized carbons (Fsp3) is 0.300. The lowest BCUT2D eigenvalue weighted by atomic mass is 10.00. The van der Waals surface area contributed by atoms with Crippen LogP contribution in [-0.2, 0) is 4.79 Å². The summed E-state index contributed by atoms with van der Waals surface area (Å²) in [4.78, 5) is 19.0. The SMILES string of the molecule is Cc1ccc(Cl)cc1NC(=O)C(C)N1CC=C(c2cccnc2)CC1. The van der Waals surface area contributed by atoms with Gasteiger partial charge >= 0.3 is 0 Å². The Kier molecular flexibility index (Phi) is 5.51. The number of anilines is 1. The van der Waals surface area contributed by atoms with Crippen LogP contribution in [0, 0.1) is 6.92 Å². The minimum Gasteiger partial charge on any atom is -0.324 e. The van der Waals surface area contributed by atoms with E-state index in [1.54, 1.807) is 12.3 Å². The van der Waals surface area contributed by atoms with Crippen LogP contribution in [0.2, 0.25) is 5.02 Å². The van der Waals surface area contributed by atoms with E-state index in [0.717, 1.165) is 36.3 Å². The second kappa shape index (κ2) is 7.81. The molecular formula is C20H22ClN3O. The van der Waals surface area contributed by atoms with Crippen LogP contribution in [0.25, 0.3) is 5.57 Å². The van der Waals surface area contributed by atoms with Gasteiger partial charge in [0.15, 0.2) is 0 Å². The number of carbonyl (C=O) groups is 1. The van der Waals surface area contributed by atoms with E-state index in [-0.39, 0.29) is 11.9 Å². The van der Waals surface area contributed by atoms with Crippen molar-refractivity contribution in [3.05, 3.63) is 65.0 Å². The van der Waals surface area contributed by atoms with Crippen LogP contribution in [0.15, 0.2) is 48.8 Å². The molecule has 2 aromatic rings. The molecule has 3 rings (SSSR count). The number of benzene rings is 1. The molecule has 2 heterocycles. The van der Waals surface area contributed by atoms with Gasteiger partial charge in [-0.15, -0.1) is 0 Å². The van der Waals surface area contributed by atoms with Crippen molar-refractivity contribution in [1.82, 2.24) is 9.88 Å². The highest BCUT2D eigenvalue weighted by atomic mass is 35.5. The molecule has 0 fully saturated rings. The van der Waals surface area contributed by atoms with E-state index in [4.69, 9.17) is 11.6 Å². The Hall–Kier alpha value is -2.17. The highest BCUT2D eigenvalue weighted by Crippen LogP contribution is 2.24. The number of nitrogens with zero attached hydrogens (tertiary/aromatic N) is 2. The van der Waals surface area contributed by atoms with E-state index in [1.807, 2.05) is 38.2 Å². The smallest absolute Gasteiger partial charge is 0.241 e. The molecule has 0 bridgehead atoms. The first-order chi connectivity index (χ1) is 12.0. The standard InChI is InChI=1S/C20H22ClN3O/c1-14-5-6-18(21)12-19(14)23-20(25)15(2)24-10-7-16(8-11-24)17-4-3-9-22-13-17/h3-7,9,12-13,15H,8,10-11H2,1-2H3,(H,23,25). The molecule has 1 amide bonds. The number of hydrogen-bond donors (Lipinski definition) is 1. The zero-order chi connectivity index (χ0) is 17.8. The Balaban J connectivity index is 1.64. The van der Waals surface area contributed by atoms with Crippen LogP contribution >= 0.6 is 11.6 Å². The largest absolute Gasteiger partial charge is 0.324 e. The molecule has 1 aliphatic heterocycles. The number of aromatic nitrogens is 1. The van der Waals surface area contributed by atoms with Crippen molar-refractivity contribution in [3.63, 3.8) is 0 Å². The summed E-state index contributed by atoms with van der Waals surface area (Å²) in [5.74, 6) is -0.0106. The average molecular weight is 356 g/mol. The van der Waals surface area contributed by atoms with Crippen LogP contribution in [0.3, 0.4) is 0 Å². The van der Waals surface area contributed by atoms with Crippen molar-refractivity contribution >= 4 is 28.8 Å². The zero-order valence-electron chi connectivity index (χ0n) is 14.5. The maximum absolute atomic E-state index is 12.6. The number of nitrogens with one attached hydrogen (secondary N) is 1. The van der Waals surface area contributed by atoms with E-state index < -0.39 is 0 Å². The molecule has 1 aliphatic rings. The van der Waals surface area contributed by atoms with Crippen molar-refractivity contribution in [2.45, 2.75) is 26.3 Å². The summed E-state index contributed by atoms with van der Waals surface area (Å²) in [6.07, 6.45) is 6.78. The molecule has 4 nitrogen and oxygen atoms in total. The minimum atomic E-state index is -0.204. The van der Waals surface area contributed by atoms with E-state index in [0.29, 0.717) is 5.02 Å². The lowest BCUT2D eigenvalue weighted by molar-refractivity contribution is -0.120. The molecular weight excluding hydrogens is 334 g/mol. The first kappa shape index (κ1) is 17.6. The number of rotatable bonds is 4. The maximum atomic E-state index is 12.6. The van der Waals surface area contributed by atoms with Crippen molar-refractivity contribution < 1.29 is 4.79 Å². The number of halogens is 1. The molecule has 1 aromatic heterocycles. The van der Waals surface area contributed by atoms with Gasteiger partial charge in [0, 0.05) is 36.2 Å². The molecule has 1 N–H and O–H groups in total. The lowest BCUT2D eigenvalue weighted by Gasteiger charge is -2.31. The van der Waals surface area contributed by atoms with Crippen LogP contribution in [0.4, 0.5) is 5.69 Å². The van der Waals surface area contributed by atoms with Gasteiger partial charge in [-0.25, -0.2) is 0 Å². The van der Waals surface area contributed by atoms with Gasteiger partial charge in [0.2, 0.25) is 5.91 Å². The first-order valence-corrected chi connectivity index (χ1v) is 8.83. The van der Waals surface area contributed by atoms with Gasteiger partial charge in [-0.3, -0.25) is 14.7 Å². The number of amides is 1. The van der Waals surface area contributed by atoms with E-state index in [2.05, 4.69) is 27.3 Å². The fourth-order valence-corrected chi connectivity index (χ4v) is 3.16. The van der Waals surface area contributed by atoms with Gasteiger partial charge in [0.25, 0.3) is 0 Å². The molecule has 1 unspecified atom stereocenters. The van der Waals surface area contributed by atoms with Gasteiger partial charge in [-0.05, 0) is 55.2 Å². The lowest BCUT2D eigenvalue weighted by Crippen LogP contribution is -2.44. The zero-order valence-corrected chi connectivity index (χ0v) is 15.3. The summed E-state index contributed by atoms with van der Waals surface area (Å²) in [5, 5.41) is 3.62. The van der Waals surface area contributed by atoms with Gasteiger partial charge in [-0.2, -0.15) is 0 Å². The Morgan fingerprint density at radius 3 is 2.88 bits per heavy atom. The Labute approximate surface area is 153 Å². The fourth-order valence-electron chi connectivity index (χ4n) is 2.98. The highest BCUT2D eigenvalue weighted by Gasteiger charge is 2.23. The van der Waals surface area contributed by atoms with Crippen molar-refractivity contribution in [1.29, 1.82) is 0 Å². The summed E-state index contributed by atoms with van der Waals surface area (Å²) in [5.41, 5.74) is 4.23. The molecule has 0 radical (unpaired) electrons. The van der Waals surface area contributed by atoms with Crippen LogP contribution in [0.1, 0.15) is 24.5 Å². The van der Waals surface area contributed by atoms with Gasteiger partial charge in [0.05, 0.1) is 6.04 Å². The van der Waals surface area contributed by atoms with Crippen molar-refractivity contribution in [2.75, 3.05) is 18.4 Å². The summed E-state index contributed by atoms with van der Waals surface area (Å²) in [6, 6.07) is 9.35. The first-order valence-electron chi connectivity index (χ1n) is 8.45. The topological polar surface area (TPSA) is 45.2 Å². The van der Waals surface area contributed by atoms with Crippen LogP contribution in [-0.4, -0.2) is 34.9 Å². The molecule has 1 aromatic carbocycles. The predicted octanol–water partition coefficient (Wildman–Crippen LogP) is 4.16. The van der Waals surface area contributed by atoms with Gasteiger partial charge < -0.3 is 5.32 Å². The van der Waals surface area contributed by atoms with E-state index >= 15 is 0 Å². The molecule has 0 saturated carbocycles. The molecule has 130 valence electrons.